The second-order valence-electron chi connectivity index (χ2n) is 1.84. The predicted molar refractivity (Wildman–Crippen MR) is 40.4 cm³/mol. The van der Waals surface area contributed by atoms with Crippen molar-refractivity contribution >= 4 is 10.7 Å². The molecular weight excluding hydrogens is 164 g/mol. The van der Waals surface area contributed by atoms with Gasteiger partial charge in [-0.3, -0.25) is 0 Å². The summed E-state index contributed by atoms with van der Waals surface area (Å²) in [6.07, 6.45) is 0. The molecule has 1 aromatic carbocycles. The third-order valence-corrected chi connectivity index (χ3v) is 1.91. The van der Waals surface area contributed by atoms with E-state index in [1.165, 1.54) is 13.2 Å². The summed E-state index contributed by atoms with van der Waals surface area (Å²) in [7, 11) is -1.18. The molecule has 0 aromatic heterocycles. The number of ether oxygens (including phenoxy) is 1. The molecule has 59 valence electrons. The Kier molecular flexibility index (Phi) is 2.48. The summed E-state index contributed by atoms with van der Waals surface area (Å²) >= 11 is 0. The number of methoxy groups -OCH3 is 1. The van der Waals surface area contributed by atoms with Crippen LogP contribution in [0.4, 0.5) is 0 Å². The van der Waals surface area contributed by atoms with E-state index >= 15 is 0 Å². The zero-order valence-corrected chi connectivity index (χ0v) is 6.80. The highest BCUT2D eigenvalue weighted by Crippen LogP contribution is 2.17. The highest BCUT2D eigenvalue weighted by atomic mass is 32.2. The fourth-order valence-corrected chi connectivity index (χ4v) is 1.25. The van der Waals surface area contributed by atoms with Gasteiger partial charge in [0.05, 0.1) is 7.11 Å². The van der Waals surface area contributed by atoms with Crippen LogP contribution in [0, 0.1) is 6.07 Å². The lowest BCUT2D eigenvalue weighted by Crippen LogP contribution is -1.88. The summed E-state index contributed by atoms with van der Waals surface area (Å²) in [4.78, 5) is 0.102. The van der Waals surface area contributed by atoms with Crippen molar-refractivity contribution in [1.29, 1.82) is 0 Å². The van der Waals surface area contributed by atoms with Gasteiger partial charge in [-0.25, -0.2) is 8.42 Å². The van der Waals surface area contributed by atoms with E-state index < -0.39 is 10.7 Å². The number of hydrogen-bond donors (Lipinski definition) is 1. The first-order chi connectivity index (χ1) is 5.25. The number of rotatable bonds is 2. The van der Waals surface area contributed by atoms with Crippen LogP contribution in [0.3, 0.4) is 0 Å². The van der Waals surface area contributed by atoms with Crippen molar-refractivity contribution in [3.63, 3.8) is 0 Å². The van der Waals surface area contributed by atoms with Gasteiger partial charge in [-0.15, -0.1) is 0 Å². The molecule has 0 N–H and O–H groups in total. The van der Waals surface area contributed by atoms with Crippen molar-refractivity contribution in [2.45, 2.75) is 4.90 Å². The van der Waals surface area contributed by atoms with E-state index in [0.29, 0.717) is 5.75 Å². The molecule has 0 fully saturated rings. The highest BCUT2D eigenvalue weighted by Gasteiger charge is 2.01. The van der Waals surface area contributed by atoms with Crippen LogP contribution in [0.2, 0.25) is 0 Å². The summed E-state index contributed by atoms with van der Waals surface area (Å²) in [5.74, 6) is 0.337. The molecule has 1 rings (SSSR count). The normalized spacial score (nSPS) is 10.0. The Hall–Kier alpha value is -1.03. The van der Waals surface area contributed by atoms with E-state index in [1.54, 1.807) is 12.1 Å². The van der Waals surface area contributed by atoms with Crippen molar-refractivity contribution in [2.24, 2.45) is 0 Å². The molecule has 0 aliphatic rings. The van der Waals surface area contributed by atoms with Crippen LogP contribution in [0.25, 0.3) is 0 Å². The zero-order valence-electron chi connectivity index (χ0n) is 5.90. The van der Waals surface area contributed by atoms with Gasteiger partial charge in [-0.1, -0.05) is 12.1 Å². The van der Waals surface area contributed by atoms with E-state index in [0.717, 1.165) is 0 Å². The monoisotopic (exact) mass is 171 g/mol. The lowest BCUT2D eigenvalue weighted by Gasteiger charge is -1.99. The number of hydrogen-bond acceptors (Lipinski definition) is 3. The molecule has 0 atom stereocenters. The Balaban J connectivity index is 3.23. The second-order valence-corrected chi connectivity index (χ2v) is 2.81. The molecule has 0 aliphatic carbocycles. The Bertz CT molecular complexity index is 309. The maximum Gasteiger partial charge on any atom is 0.172 e. The van der Waals surface area contributed by atoms with Crippen molar-refractivity contribution in [1.82, 2.24) is 0 Å². The Morgan fingerprint density at radius 2 is 2.27 bits per heavy atom. The molecule has 3 nitrogen and oxygen atoms in total. The van der Waals surface area contributed by atoms with Crippen molar-refractivity contribution in [2.75, 3.05) is 7.11 Å². The molecule has 1 radical (unpaired) electrons. The van der Waals surface area contributed by atoms with Crippen molar-refractivity contribution in [3.8, 4) is 5.75 Å². The minimum absolute atomic E-state index is 0.102. The molecule has 0 bridgehead atoms. The fraction of sp³-hybridized carbons (Fsp3) is 0.143. The Morgan fingerprint density at radius 3 is 2.73 bits per heavy atom. The highest BCUT2D eigenvalue weighted by molar-refractivity contribution is 7.72. The molecule has 0 amide bonds. The van der Waals surface area contributed by atoms with E-state index in [4.69, 9.17) is 4.74 Å². The third-order valence-electron chi connectivity index (χ3n) is 1.20. The molecule has 4 heteroatoms. The van der Waals surface area contributed by atoms with Gasteiger partial charge in [0.15, 0.2) is 10.7 Å². The van der Waals surface area contributed by atoms with Gasteiger partial charge in [0.1, 0.15) is 10.6 Å². The maximum atomic E-state index is 10.5. The van der Waals surface area contributed by atoms with Crippen LogP contribution in [0.5, 0.6) is 5.75 Å². The summed E-state index contributed by atoms with van der Waals surface area (Å²) in [5.41, 5.74) is 0. The van der Waals surface area contributed by atoms with E-state index in [-0.39, 0.29) is 4.90 Å². The van der Waals surface area contributed by atoms with Crippen LogP contribution >= 0.6 is 0 Å². The van der Waals surface area contributed by atoms with Gasteiger partial charge in [-0.2, -0.15) is 0 Å². The quantitative estimate of drug-likeness (QED) is 0.657. The molecule has 1 aromatic rings. The average Bonchev–Trinajstić information content (AvgIpc) is 2.04. The van der Waals surface area contributed by atoms with Crippen LogP contribution in [-0.2, 0) is 10.7 Å². The molecule has 0 aliphatic heterocycles. The standard InChI is InChI=1S/C7H7O3S/c1-10-6-4-2-3-5-7(6)11(8)9/h2-4,11H,1H3. The van der Waals surface area contributed by atoms with Crippen LogP contribution in [0.15, 0.2) is 23.1 Å². The molecule has 0 saturated carbocycles. The average molecular weight is 171 g/mol. The molecule has 11 heavy (non-hydrogen) atoms. The van der Waals surface area contributed by atoms with Crippen LogP contribution in [-0.4, -0.2) is 15.5 Å². The van der Waals surface area contributed by atoms with Gasteiger partial charge in [0.25, 0.3) is 0 Å². The van der Waals surface area contributed by atoms with Gasteiger partial charge in [-0.05, 0) is 6.07 Å². The summed E-state index contributed by atoms with van der Waals surface area (Å²) in [6, 6.07) is 7.35. The fourth-order valence-electron chi connectivity index (χ4n) is 0.720. The van der Waals surface area contributed by atoms with E-state index in [1.807, 2.05) is 0 Å². The number of thiol groups is 1. The van der Waals surface area contributed by atoms with Gasteiger partial charge >= 0.3 is 0 Å². The summed E-state index contributed by atoms with van der Waals surface area (Å²) < 4.78 is 25.8. The third kappa shape index (κ3) is 1.71. The second kappa shape index (κ2) is 3.39. The SMILES string of the molecule is COc1ccc[c]c1[SH](=O)=O. The lowest BCUT2D eigenvalue weighted by atomic mass is 10.3. The summed E-state index contributed by atoms with van der Waals surface area (Å²) in [5, 5.41) is 0. The largest absolute Gasteiger partial charge is 0.495 e. The molecule has 0 saturated heterocycles. The molecule has 0 spiro atoms. The topological polar surface area (TPSA) is 43.4 Å². The van der Waals surface area contributed by atoms with Gasteiger partial charge in [0, 0.05) is 6.07 Å². The van der Waals surface area contributed by atoms with Crippen LogP contribution < -0.4 is 4.74 Å². The maximum absolute atomic E-state index is 10.5. The Morgan fingerprint density at radius 1 is 1.55 bits per heavy atom. The van der Waals surface area contributed by atoms with Crippen molar-refractivity contribution in [3.05, 3.63) is 24.3 Å². The minimum atomic E-state index is -2.60. The minimum Gasteiger partial charge on any atom is -0.495 e. The first-order valence-corrected chi connectivity index (χ1v) is 4.12. The van der Waals surface area contributed by atoms with Crippen LogP contribution in [0.1, 0.15) is 0 Å². The summed E-state index contributed by atoms with van der Waals surface area (Å²) in [6.45, 7) is 0. The molecular formula is C7H7O3S. The first kappa shape index (κ1) is 8.07. The van der Waals surface area contributed by atoms with E-state index in [9.17, 15) is 8.42 Å². The van der Waals surface area contributed by atoms with Gasteiger partial charge < -0.3 is 4.74 Å². The smallest absolute Gasteiger partial charge is 0.172 e. The molecule has 0 heterocycles. The van der Waals surface area contributed by atoms with Crippen molar-refractivity contribution < 1.29 is 13.2 Å². The first-order valence-electron chi connectivity index (χ1n) is 2.95. The van der Waals surface area contributed by atoms with Gasteiger partial charge in [0.2, 0.25) is 0 Å². The zero-order chi connectivity index (χ0) is 8.27. The predicted octanol–water partition coefficient (Wildman–Crippen LogP) is 0.466. The molecule has 0 unspecified atom stereocenters. The number of benzene rings is 1. The lowest BCUT2D eigenvalue weighted by molar-refractivity contribution is 0.403. The Labute approximate surface area is 66.6 Å². The van der Waals surface area contributed by atoms with E-state index in [2.05, 4.69) is 6.07 Å².